The molecule has 1 saturated carbocycles. The van der Waals surface area contributed by atoms with E-state index in [1.807, 2.05) is 19.9 Å². The zero-order valence-corrected chi connectivity index (χ0v) is 15.3. The summed E-state index contributed by atoms with van der Waals surface area (Å²) < 4.78 is 21.5. The first kappa shape index (κ1) is 17.0. The molecule has 3 aromatic rings. The van der Waals surface area contributed by atoms with Crippen molar-refractivity contribution >= 4 is 17.5 Å². The molecule has 2 aromatic heterocycles. The van der Waals surface area contributed by atoms with Crippen LogP contribution in [-0.4, -0.2) is 26.3 Å². The maximum absolute atomic E-state index is 13.8. The summed E-state index contributed by atoms with van der Waals surface area (Å²) in [6.45, 7) is 4.03. The fourth-order valence-corrected chi connectivity index (χ4v) is 3.82. The molecule has 26 heavy (non-hydrogen) atoms. The van der Waals surface area contributed by atoms with E-state index in [-0.39, 0.29) is 28.2 Å². The lowest BCUT2D eigenvalue weighted by molar-refractivity contribution is 0.102. The number of benzene rings is 1. The molecule has 0 amide bonds. The fraction of sp³-hybridized carbons (Fsp3) is 0.316. The molecule has 0 atom stereocenters. The average Bonchev–Trinajstić information content (AvgIpc) is 3.26. The third-order valence-electron chi connectivity index (χ3n) is 4.53. The van der Waals surface area contributed by atoms with Crippen molar-refractivity contribution in [2.24, 2.45) is 0 Å². The van der Waals surface area contributed by atoms with E-state index in [1.165, 1.54) is 30.7 Å². The Kier molecular flexibility index (Phi) is 4.40. The van der Waals surface area contributed by atoms with Crippen LogP contribution in [0.15, 0.2) is 40.0 Å². The van der Waals surface area contributed by atoms with Crippen molar-refractivity contribution in [1.29, 1.82) is 0 Å². The molecule has 5 nitrogen and oxygen atoms in total. The molecule has 0 radical (unpaired) electrons. The molecule has 1 fully saturated rings. The molecule has 7 heteroatoms. The maximum atomic E-state index is 13.8. The second-order valence-electron chi connectivity index (χ2n) is 6.45. The summed E-state index contributed by atoms with van der Waals surface area (Å²) >= 11 is 1.17. The Hall–Kier alpha value is -2.41. The molecule has 134 valence electrons. The van der Waals surface area contributed by atoms with Gasteiger partial charge in [-0.1, -0.05) is 23.9 Å². The highest BCUT2D eigenvalue weighted by Crippen LogP contribution is 2.38. The van der Waals surface area contributed by atoms with Crippen LogP contribution in [0.25, 0.3) is 11.5 Å². The quantitative estimate of drug-likeness (QED) is 0.468. The minimum Gasteiger partial charge on any atom is -0.411 e. The van der Waals surface area contributed by atoms with E-state index in [1.54, 1.807) is 18.2 Å². The van der Waals surface area contributed by atoms with E-state index in [0.29, 0.717) is 6.04 Å². The number of hydrogen-bond donors (Lipinski definition) is 0. The molecule has 1 aromatic carbocycles. The van der Waals surface area contributed by atoms with Crippen molar-refractivity contribution in [3.05, 3.63) is 53.1 Å². The first-order valence-electron chi connectivity index (χ1n) is 8.47. The second-order valence-corrected chi connectivity index (χ2v) is 7.38. The zero-order chi connectivity index (χ0) is 18.3. The van der Waals surface area contributed by atoms with Gasteiger partial charge in [0.05, 0.1) is 11.3 Å². The number of Topliss-reactive ketones (excluding diaryl/α,β-unsaturated/α-hetero) is 1. The summed E-state index contributed by atoms with van der Waals surface area (Å²) in [5.41, 5.74) is 3.15. The van der Waals surface area contributed by atoms with E-state index < -0.39 is 5.82 Å². The van der Waals surface area contributed by atoms with E-state index in [0.717, 1.165) is 17.0 Å². The largest absolute Gasteiger partial charge is 0.411 e. The minimum atomic E-state index is -0.420. The van der Waals surface area contributed by atoms with Gasteiger partial charge in [-0.15, -0.1) is 10.2 Å². The number of halogens is 1. The number of aryl methyl sites for hydroxylation is 1. The van der Waals surface area contributed by atoms with Crippen LogP contribution >= 0.6 is 11.8 Å². The second kappa shape index (κ2) is 6.72. The smallest absolute Gasteiger partial charge is 0.277 e. The Morgan fingerprint density at radius 3 is 2.81 bits per heavy atom. The van der Waals surface area contributed by atoms with Crippen molar-refractivity contribution in [3.8, 4) is 11.5 Å². The normalized spacial score (nSPS) is 14.0. The first-order chi connectivity index (χ1) is 12.5. The molecular weight excluding hydrogens is 353 g/mol. The Labute approximate surface area is 154 Å². The van der Waals surface area contributed by atoms with E-state index in [9.17, 15) is 9.18 Å². The van der Waals surface area contributed by atoms with Gasteiger partial charge in [0.25, 0.3) is 11.1 Å². The number of rotatable bonds is 6. The SMILES string of the molecule is Cc1cc(C(=O)CSc2nnc(-c3ccccc3F)o2)c(C)n1C1CC1. The van der Waals surface area contributed by atoms with Crippen LogP contribution in [0.4, 0.5) is 4.39 Å². The predicted molar refractivity (Wildman–Crippen MR) is 96.9 cm³/mol. The molecule has 2 heterocycles. The Bertz CT molecular complexity index is 975. The lowest BCUT2D eigenvalue weighted by Gasteiger charge is -2.07. The van der Waals surface area contributed by atoms with Crippen LogP contribution in [-0.2, 0) is 0 Å². The number of nitrogens with zero attached hydrogens (tertiary/aromatic N) is 3. The number of carbonyl (C=O) groups is 1. The van der Waals surface area contributed by atoms with Gasteiger partial charge in [0.15, 0.2) is 5.78 Å². The summed E-state index contributed by atoms with van der Waals surface area (Å²) in [6, 6.07) is 8.72. The van der Waals surface area contributed by atoms with Crippen LogP contribution in [0.3, 0.4) is 0 Å². The Morgan fingerprint density at radius 1 is 1.31 bits per heavy atom. The highest BCUT2D eigenvalue weighted by Gasteiger charge is 2.28. The fourth-order valence-electron chi connectivity index (χ4n) is 3.17. The highest BCUT2D eigenvalue weighted by atomic mass is 32.2. The molecule has 1 aliphatic carbocycles. The third-order valence-corrected chi connectivity index (χ3v) is 5.35. The van der Waals surface area contributed by atoms with Crippen LogP contribution < -0.4 is 0 Å². The van der Waals surface area contributed by atoms with Gasteiger partial charge in [-0.2, -0.15) is 0 Å². The number of aromatic nitrogens is 3. The Morgan fingerprint density at radius 2 is 2.08 bits per heavy atom. The lowest BCUT2D eigenvalue weighted by atomic mass is 10.2. The van der Waals surface area contributed by atoms with Gasteiger partial charge in [0, 0.05) is 23.0 Å². The summed E-state index contributed by atoms with van der Waals surface area (Å²) in [5, 5.41) is 8.03. The summed E-state index contributed by atoms with van der Waals surface area (Å²) in [7, 11) is 0. The molecule has 0 aliphatic heterocycles. The molecule has 1 aliphatic rings. The molecule has 0 unspecified atom stereocenters. The van der Waals surface area contributed by atoms with Crippen LogP contribution in [0.1, 0.15) is 40.6 Å². The zero-order valence-electron chi connectivity index (χ0n) is 14.5. The molecule has 0 spiro atoms. The maximum Gasteiger partial charge on any atom is 0.277 e. The number of thioether (sulfide) groups is 1. The van der Waals surface area contributed by atoms with Gasteiger partial charge in [-0.05, 0) is 44.9 Å². The van der Waals surface area contributed by atoms with Crippen LogP contribution in [0, 0.1) is 19.7 Å². The number of carbonyl (C=O) groups excluding carboxylic acids is 1. The van der Waals surface area contributed by atoms with Gasteiger partial charge in [0.2, 0.25) is 0 Å². The summed E-state index contributed by atoms with van der Waals surface area (Å²) in [4.78, 5) is 12.6. The molecule has 4 rings (SSSR count). The van der Waals surface area contributed by atoms with E-state index >= 15 is 0 Å². The standard InChI is InChI=1S/C19H18FN3O2S/c1-11-9-15(12(2)23(11)13-7-8-13)17(24)10-26-19-22-21-18(25-19)14-5-3-4-6-16(14)20/h3-6,9,13H,7-8,10H2,1-2H3. The summed E-state index contributed by atoms with van der Waals surface area (Å²) in [6.07, 6.45) is 2.36. The van der Waals surface area contributed by atoms with Gasteiger partial charge >= 0.3 is 0 Å². The lowest BCUT2D eigenvalue weighted by Crippen LogP contribution is -2.05. The van der Waals surface area contributed by atoms with Gasteiger partial charge in [0.1, 0.15) is 5.82 Å². The van der Waals surface area contributed by atoms with Crippen molar-refractivity contribution < 1.29 is 13.6 Å². The van der Waals surface area contributed by atoms with E-state index in [4.69, 9.17) is 4.42 Å². The third kappa shape index (κ3) is 3.19. The van der Waals surface area contributed by atoms with Crippen molar-refractivity contribution in [3.63, 3.8) is 0 Å². The summed E-state index contributed by atoms with van der Waals surface area (Å²) in [5.74, 6) is -0.0738. The monoisotopic (exact) mass is 371 g/mol. The van der Waals surface area contributed by atoms with Gasteiger partial charge < -0.3 is 8.98 Å². The van der Waals surface area contributed by atoms with Crippen molar-refractivity contribution in [1.82, 2.24) is 14.8 Å². The first-order valence-corrected chi connectivity index (χ1v) is 9.46. The molecular formula is C19H18FN3O2S. The van der Waals surface area contributed by atoms with Crippen molar-refractivity contribution in [2.75, 3.05) is 5.75 Å². The number of ketones is 1. The van der Waals surface area contributed by atoms with Gasteiger partial charge in [-0.3, -0.25) is 4.79 Å². The Balaban J connectivity index is 1.46. The number of hydrogen-bond acceptors (Lipinski definition) is 5. The van der Waals surface area contributed by atoms with E-state index in [2.05, 4.69) is 14.8 Å². The molecule has 0 saturated heterocycles. The van der Waals surface area contributed by atoms with Crippen LogP contribution in [0.2, 0.25) is 0 Å². The van der Waals surface area contributed by atoms with Gasteiger partial charge in [-0.25, -0.2) is 4.39 Å². The van der Waals surface area contributed by atoms with Crippen LogP contribution in [0.5, 0.6) is 0 Å². The topological polar surface area (TPSA) is 60.9 Å². The minimum absolute atomic E-state index is 0.0284. The predicted octanol–water partition coefficient (Wildman–Crippen LogP) is 4.60. The highest BCUT2D eigenvalue weighted by molar-refractivity contribution is 7.99. The van der Waals surface area contributed by atoms with Crippen molar-refractivity contribution in [2.45, 2.75) is 38.0 Å². The molecule has 0 bridgehead atoms. The average molecular weight is 371 g/mol. The molecule has 0 N–H and O–H groups in total.